The van der Waals surface area contributed by atoms with Crippen molar-refractivity contribution in [2.45, 2.75) is 25.7 Å². The van der Waals surface area contributed by atoms with E-state index in [1.165, 1.54) is 11.3 Å². The highest BCUT2D eigenvalue weighted by molar-refractivity contribution is 7.13. The smallest absolute Gasteiger partial charge is 0.297 e. The molecule has 0 saturated carbocycles. The van der Waals surface area contributed by atoms with Gasteiger partial charge >= 0.3 is 6.04 Å². The normalized spacial score (nSPS) is 10.1. The molecule has 0 fully saturated rings. The molecule has 0 saturated heterocycles. The molecule has 0 aliphatic heterocycles. The van der Waals surface area contributed by atoms with Gasteiger partial charge in [-0.2, -0.15) is 4.39 Å². The first kappa shape index (κ1) is 11.0. The minimum absolute atomic E-state index is 0.00587. The van der Waals surface area contributed by atoms with Crippen molar-refractivity contribution in [3.8, 4) is 0 Å². The highest BCUT2D eigenvalue weighted by Crippen LogP contribution is 2.17. The molecule has 0 aromatic carbocycles. The second kappa shape index (κ2) is 5.65. The van der Waals surface area contributed by atoms with Gasteiger partial charge in [-0.05, 0) is 31.4 Å². The first-order valence-electron chi connectivity index (χ1n) is 4.44. The molecule has 14 heavy (non-hydrogen) atoms. The second-order valence-electron chi connectivity index (χ2n) is 2.98. The van der Waals surface area contributed by atoms with Gasteiger partial charge in [0.1, 0.15) is 0 Å². The number of halogens is 1. The Balaban J connectivity index is 2.24. The van der Waals surface area contributed by atoms with Crippen LogP contribution in [-0.4, -0.2) is 12.3 Å². The number of aldehydes is 1. The summed E-state index contributed by atoms with van der Waals surface area (Å²) in [6.45, 7) is 0. The predicted octanol–water partition coefficient (Wildman–Crippen LogP) is 2.77. The minimum Gasteiger partial charge on any atom is -0.297 e. The van der Waals surface area contributed by atoms with Gasteiger partial charge in [-0.25, -0.2) is 0 Å². The zero-order valence-electron chi connectivity index (χ0n) is 7.66. The summed E-state index contributed by atoms with van der Waals surface area (Å²) >= 11 is 1.44. The zero-order valence-corrected chi connectivity index (χ0v) is 8.48. The molecule has 1 aromatic rings. The molecule has 0 aliphatic rings. The SMILES string of the molecule is O=Cc1ccc(CCCCC(=O)F)s1. The van der Waals surface area contributed by atoms with Gasteiger partial charge in [-0.3, -0.25) is 9.59 Å². The number of aryl methyl sites for hydroxylation is 1. The van der Waals surface area contributed by atoms with Gasteiger partial charge in [0, 0.05) is 11.3 Å². The Hall–Kier alpha value is -1.03. The van der Waals surface area contributed by atoms with Crippen molar-refractivity contribution >= 4 is 23.7 Å². The molecule has 0 spiro atoms. The third-order valence-corrected chi connectivity index (χ3v) is 2.92. The summed E-state index contributed by atoms with van der Waals surface area (Å²) < 4.78 is 11.8. The molecule has 76 valence electrons. The third-order valence-electron chi connectivity index (χ3n) is 1.85. The molecule has 0 amide bonds. The number of carbonyl (C=O) groups is 2. The lowest BCUT2D eigenvalue weighted by atomic mass is 10.2. The zero-order chi connectivity index (χ0) is 10.4. The van der Waals surface area contributed by atoms with Gasteiger partial charge in [0.15, 0.2) is 6.29 Å². The van der Waals surface area contributed by atoms with Crippen LogP contribution in [0.1, 0.15) is 33.8 Å². The Morgan fingerprint density at radius 2 is 2.21 bits per heavy atom. The van der Waals surface area contributed by atoms with Crippen LogP contribution in [0, 0.1) is 0 Å². The average molecular weight is 214 g/mol. The number of hydrogen-bond donors (Lipinski definition) is 0. The average Bonchev–Trinajstić information content (AvgIpc) is 2.60. The fourth-order valence-electron chi connectivity index (χ4n) is 1.16. The summed E-state index contributed by atoms with van der Waals surface area (Å²) in [5.74, 6) is 0. The molecule has 2 nitrogen and oxygen atoms in total. The number of carbonyl (C=O) groups excluding carboxylic acids is 2. The highest BCUT2D eigenvalue weighted by atomic mass is 32.1. The van der Waals surface area contributed by atoms with Gasteiger partial charge in [0.05, 0.1) is 4.88 Å². The van der Waals surface area contributed by atoms with E-state index in [0.29, 0.717) is 11.3 Å². The van der Waals surface area contributed by atoms with Crippen LogP contribution in [0.4, 0.5) is 4.39 Å². The van der Waals surface area contributed by atoms with Crippen LogP contribution in [0.25, 0.3) is 0 Å². The maximum Gasteiger partial charge on any atom is 0.301 e. The maximum absolute atomic E-state index is 11.8. The molecule has 1 rings (SSSR count). The summed E-state index contributed by atoms with van der Waals surface area (Å²) in [6.07, 6.45) is 3.00. The topological polar surface area (TPSA) is 34.1 Å². The molecule has 0 N–H and O–H groups in total. The molecule has 4 heteroatoms. The first-order chi connectivity index (χ1) is 6.72. The monoisotopic (exact) mass is 214 g/mol. The van der Waals surface area contributed by atoms with E-state index in [1.807, 2.05) is 6.07 Å². The molecular weight excluding hydrogens is 203 g/mol. The van der Waals surface area contributed by atoms with Crippen molar-refractivity contribution in [3.63, 3.8) is 0 Å². The van der Waals surface area contributed by atoms with Gasteiger partial charge in [-0.1, -0.05) is 0 Å². The van der Waals surface area contributed by atoms with E-state index in [0.717, 1.165) is 24.0 Å². The van der Waals surface area contributed by atoms with E-state index in [4.69, 9.17) is 0 Å². The molecule has 0 radical (unpaired) electrons. The fourth-order valence-corrected chi connectivity index (χ4v) is 2.02. The van der Waals surface area contributed by atoms with Crippen molar-refractivity contribution in [2.24, 2.45) is 0 Å². The summed E-state index contributed by atoms with van der Waals surface area (Å²) in [6, 6.07) is 2.42. The van der Waals surface area contributed by atoms with Crippen LogP contribution in [0.3, 0.4) is 0 Å². The van der Waals surface area contributed by atoms with E-state index >= 15 is 0 Å². The van der Waals surface area contributed by atoms with Gasteiger partial charge in [0.2, 0.25) is 0 Å². The van der Waals surface area contributed by atoms with Gasteiger partial charge in [-0.15, -0.1) is 11.3 Å². The Morgan fingerprint density at radius 3 is 2.79 bits per heavy atom. The predicted molar refractivity (Wildman–Crippen MR) is 53.4 cm³/mol. The quantitative estimate of drug-likeness (QED) is 0.414. The van der Waals surface area contributed by atoms with Crippen LogP contribution in [0.2, 0.25) is 0 Å². The Labute approximate surface area is 85.7 Å². The van der Waals surface area contributed by atoms with Crippen LogP contribution in [0.5, 0.6) is 0 Å². The van der Waals surface area contributed by atoms with Crippen molar-refractivity contribution < 1.29 is 14.0 Å². The summed E-state index contributed by atoms with van der Waals surface area (Å²) in [5, 5.41) is 0. The van der Waals surface area contributed by atoms with E-state index in [9.17, 15) is 14.0 Å². The molecule has 0 atom stereocenters. The largest absolute Gasteiger partial charge is 0.301 e. The lowest BCUT2D eigenvalue weighted by Gasteiger charge is -1.94. The highest BCUT2D eigenvalue weighted by Gasteiger charge is 2.01. The van der Waals surface area contributed by atoms with Gasteiger partial charge < -0.3 is 0 Å². The van der Waals surface area contributed by atoms with Crippen molar-refractivity contribution in [1.29, 1.82) is 0 Å². The Bertz CT molecular complexity index is 320. The van der Waals surface area contributed by atoms with Crippen LogP contribution < -0.4 is 0 Å². The number of unbranched alkanes of at least 4 members (excludes halogenated alkanes) is 1. The fraction of sp³-hybridized carbons (Fsp3) is 0.400. The summed E-state index contributed by atoms with van der Waals surface area (Å²) in [4.78, 5) is 22.2. The molecule has 1 aromatic heterocycles. The number of thiophene rings is 1. The minimum atomic E-state index is -1.25. The van der Waals surface area contributed by atoms with Crippen molar-refractivity contribution in [3.05, 3.63) is 21.9 Å². The third kappa shape index (κ3) is 3.79. The van der Waals surface area contributed by atoms with Crippen LogP contribution in [0.15, 0.2) is 12.1 Å². The number of hydrogen-bond acceptors (Lipinski definition) is 3. The van der Waals surface area contributed by atoms with Crippen LogP contribution >= 0.6 is 11.3 Å². The molecule has 0 unspecified atom stereocenters. The Morgan fingerprint density at radius 1 is 1.43 bits per heavy atom. The van der Waals surface area contributed by atoms with Crippen molar-refractivity contribution in [2.75, 3.05) is 0 Å². The molecule has 1 heterocycles. The van der Waals surface area contributed by atoms with Crippen molar-refractivity contribution in [1.82, 2.24) is 0 Å². The molecular formula is C10H11FO2S. The first-order valence-corrected chi connectivity index (χ1v) is 5.26. The van der Waals surface area contributed by atoms with Gasteiger partial charge in [0.25, 0.3) is 0 Å². The lowest BCUT2D eigenvalue weighted by Crippen LogP contribution is -1.88. The molecule has 0 aliphatic carbocycles. The maximum atomic E-state index is 11.8. The molecule has 0 bridgehead atoms. The van der Waals surface area contributed by atoms with E-state index < -0.39 is 6.04 Å². The van der Waals surface area contributed by atoms with Crippen LogP contribution in [-0.2, 0) is 11.2 Å². The van der Waals surface area contributed by atoms with E-state index in [-0.39, 0.29) is 6.42 Å². The van der Waals surface area contributed by atoms with E-state index in [1.54, 1.807) is 6.07 Å². The van der Waals surface area contributed by atoms with E-state index in [2.05, 4.69) is 0 Å². The summed E-state index contributed by atoms with van der Waals surface area (Å²) in [5.41, 5.74) is 0. The summed E-state index contributed by atoms with van der Waals surface area (Å²) in [7, 11) is 0. The lowest BCUT2D eigenvalue weighted by molar-refractivity contribution is -0.129. The standard InChI is InChI=1S/C10H11FO2S/c11-10(13)4-2-1-3-8-5-6-9(7-12)14-8/h5-7H,1-4H2. The Kier molecular flexibility index (Phi) is 4.46. The second-order valence-corrected chi connectivity index (χ2v) is 4.18. The number of rotatable bonds is 6.